The Balaban J connectivity index is 0.00000363. The number of hydrogen-bond acceptors (Lipinski definition) is 4. The van der Waals surface area contributed by atoms with Crippen molar-refractivity contribution in [3.8, 4) is 0 Å². The monoisotopic (exact) mass is 577 g/mol. The lowest BCUT2D eigenvalue weighted by molar-refractivity contribution is 0.0904. The van der Waals surface area contributed by atoms with Crippen molar-refractivity contribution in [2.75, 3.05) is 52.1 Å². The Labute approximate surface area is 208 Å². The number of nitrogens with zero attached hydrogens (tertiary/aromatic N) is 3. The van der Waals surface area contributed by atoms with Gasteiger partial charge in [-0.1, -0.05) is 12.1 Å². The van der Waals surface area contributed by atoms with Crippen LogP contribution in [0.2, 0.25) is 0 Å². The first-order chi connectivity index (χ1) is 14.8. The van der Waals surface area contributed by atoms with Crippen LogP contribution in [0.3, 0.4) is 0 Å². The van der Waals surface area contributed by atoms with Crippen molar-refractivity contribution in [2.45, 2.75) is 33.3 Å². The van der Waals surface area contributed by atoms with Crippen LogP contribution in [0.15, 0.2) is 29.4 Å². The minimum atomic E-state index is -3.29. The van der Waals surface area contributed by atoms with Gasteiger partial charge in [0, 0.05) is 56.9 Å². The Bertz CT molecular complexity index is 998. The minimum Gasteiger partial charge on any atom is -0.378 e. The number of rotatable bonds is 8. The number of H-pyrrole nitrogens is 1. The van der Waals surface area contributed by atoms with E-state index in [4.69, 9.17) is 4.74 Å². The molecule has 1 aliphatic heterocycles. The predicted octanol–water partition coefficient (Wildman–Crippen LogP) is 2.58. The average Bonchev–Trinajstić information content (AvgIpc) is 3.13. The molecule has 0 unspecified atom stereocenters. The molecule has 10 heteroatoms. The summed E-state index contributed by atoms with van der Waals surface area (Å²) < 4.78 is 32.0. The Hall–Kier alpha value is -1.37. The number of piperazine rings is 1. The second-order valence-electron chi connectivity index (χ2n) is 8.21. The number of halogens is 1. The number of hydrogen-bond donors (Lipinski definition) is 2. The van der Waals surface area contributed by atoms with E-state index in [2.05, 4.69) is 51.5 Å². The molecule has 180 valence electrons. The number of aromatic amines is 1. The van der Waals surface area contributed by atoms with E-state index in [0.717, 1.165) is 24.4 Å². The zero-order valence-electron chi connectivity index (χ0n) is 19.4. The van der Waals surface area contributed by atoms with Crippen LogP contribution in [0.4, 0.5) is 0 Å². The van der Waals surface area contributed by atoms with Gasteiger partial charge in [-0.3, -0.25) is 4.99 Å². The molecule has 0 spiro atoms. The molecule has 0 radical (unpaired) electrons. The maximum Gasteiger partial charge on any atom is 0.216 e. The topological polar surface area (TPSA) is 90.0 Å². The molecule has 0 bridgehead atoms. The van der Waals surface area contributed by atoms with Crippen molar-refractivity contribution in [2.24, 2.45) is 4.99 Å². The molecule has 0 aliphatic carbocycles. The summed E-state index contributed by atoms with van der Waals surface area (Å²) in [6.07, 6.45) is 2.99. The molecule has 2 N–H and O–H groups in total. The van der Waals surface area contributed by atoms with E-state index in [0.29, 0.717) is 26.2 Å². The van der Waals surface area contributed by atoms with Gasteiger partial charge in [-0.05, 0) is 44.4 Å². The number of ether oxygens (including phenoxy) is 1. The Morgan fingerprint density at radius 3 is 2.62 bits per heavy atom. The normalized spacial score (nSPS) is 15.9. The van der Waals surface area contributed by atoms with Gasteiger partial charge in [-0.15, -0.1) is 24.0 Å². The quantitative estimate of drug-likeness (QED) is 0.286. The van der Waals surface area contributed by atoms with Crippen LogP contribution >= 0.6 is 24.0 Å². The van der Waals surface area contributed by atoms with Gasteiger partial charge in [-0.2, -0.15) is 4.31 Å². The molecule has 1 aromatic heterocycles. The Kier molecular flexibility index (Phi) is 10.2. The summed E-state index contributed by atoms with van der Waals surface area (Å²) in [5.41, 5.74) is 3.68. The minimum absolute atomic E-state index is 0. The summed E-state index contributed by atoms with van der Waals surface area (Å²) in [6.45, 7) is 9.07. The average molecular weight is 578 g/mol. The maximum atomic E-state index is 12.5. The number of aliphatic imine (C=N–C) groups is 1. The molecule has 32 heavy (non-hydrogen) atoms. The fraction of sp³-hybridized carbons (Fsp3) is 0.591. The van der Waals surface area contributed by atoms with Crippen LogP contribution in [0.1, 0.15) is 25.0 Å². The van der Waals surface area contributed by atoms with E-state index in [1.54, 1.807) is 11.4 Å². The van der Waals surface area contributed by atoms with Crippen LogP contribution < -0.4 is 5.32 Å². The van der Waals surface area contributed by atoms with E-state index >= 15 is 0 Å². The summed E-state index contributed by atoms with van der Waals surface area (Å²) in [5, 5.41) is 4.68. The molecule has 1 aliphatic rings. The second-order valence-corrected chi connectivity index (χ2v) is 10.3. The second kappa shape index (κ2) is 12.2. The van der Waals surface area contributed by atoms with Crippen molar-refractivity contribution in [3.05, 3.63) is 35.5 Å². The van der Waals surface area contributed by atoms with E-state index < -0.39 is 10.0 Å². The number of aryl methyl sites for hydroxylation is 1. The van der Waals surface area contributed by atoms with Gasteiger partial charge in [0.25, 0.3) is 0 Å². The summed E-state index contributed by atoms with van der Waals surface area (Å²) in [5.74, 6) is 0.846. The Morgan fingerprint density at radius 2 is 1.97 bits per heavy atom. The van der Waals surface area contributed by atoms with Crippen LogP contribution in [0.25, 0.3) is 10.9 Å². The largest absolute Gasteiger partial charge is 0.378 e. The number of guanidine groups is 1. The van der Waals surface area contributed by atoms with Crippen LogP contribution in [0.5, 0.6) is 0 Å². The molecular formula is C22H36IN5O3S. The predicted molar refractivity (Wildman–Crippen MR) is 142 cm³/mol. The highest BCUT2D eigenvalue weighted by molar-refractivity contribution is 14.0. The number of aromatic nitrogens is 1. The lowest BCUT2D eigenvalue weighted by Gasteiger charge is -2.35. The maximum absolute atomic E-state index is 12.5. The smallest absolute Gasteiger partial charge is 0.216 e. The summed E-state index contributed by atoms with van der Waals surface area (Å²) >= 11 is 0. The highest BCUT2D eigenvalue weighted by Crippen LogP contribution is 2.19. The van der Waals surface area contributed by atoms with Crippen LogP contribution in [-0.2, 0) is 21.2 Å². The molecule has 1 aromatic carbocycles. The first kappa shape index (κ1) is 26.9. The van der Waals surface area contributed by atoms with E-state index in [1.165, 1.54) is 16.5 Å². The highest BCUT2D eigenvalue weighted by Gasteiger charge is 2.28. The fourth-order valence-corrected chi connectivity index (χ4v) is 5.13. The highest BCUT2D eigenvalue weighted by atomic mass is 127. The van der Waals surface area contributed by atoms with Crippen LogP contribution in [-0.4, -0.2) is 86.8 Å². The number of nitrogens with one attached hydrogen (secondary N) is 2. The molecule has 0 saturated carbocycles. The molecule has 2 heterocycles. The summed E-state index contributed by atoms with van der Waals surface area (Å²) in [6, 6.07) is 6.46. The number of sulfonamides is 1. The molecule has 0 atom stereocenters. The number of benzene rings is 1. The molecule has 1 fully saturated rings. The SMILES string of the molecule is CN=C(NCCc1c[nH]c2cc(C)ccc12)N1CCN(S(=O)(=O)CCOC(C)C)CC1.I. The van der Waals surface area contributed by atoms with E-state index in [-0.39, 0.29) is 42.4 Å². The van der Waals surface area contributed by atoms with Crippen molar-refractivity contribution in [1.29, 1.82) is 0 Å². The first-order valence-electron chi connectivity index (χ1n) is 10.9. The van der Waals surface area contributed by atoms with Gasteiger partial charge in [0.05, 0.1) is 18.5 Å². The fourth-order valence-electron chi connectivity index (χ4n) is 3.84. The Morgan fingerprint density at radius 1 is 1.25 bits per heavy atom. The zero-order chi connectivity index (χ0) is 22.4. The van der Waals surface area contributed by atoms with Crippen molar-refractivity contribution in [1.82, 2.24) is 19.5 Å². The van der Waals surface area contributed by atoms with Gasteiger partial charge in [0.15, 0.2) is 5.96 Å². The van der Waals surface area contributed by atoms with E-state index in [9.17, 15) is 8.42 Å². The van der Waals surface area contributed by atoms with Crippen molar-refractivity contribution >= 4 is 50.9 Å². The molecule has 2 aromatic rings. The summed E-state index contributed by atoms with van der Waals surface area (Å²) in [4.78, 5) is 9.86. The third-order valence-electron chi connectivity index (χ3n) is 5.54. The molecule has 8 nitrogen and oxygen atoms in total. The lowest BCUT2D eigenvalue weighted by atomic mass is 10.1. The summed E-state index contributed by atoms with van der Waals surface area (Å²) in [7, 11) is -1.52. The standard InChI is InChI=1S/C22H35N5O3S.HI/c1-17(2)30-13-14-31(28,29)27-11-9-26(10-12-27)22(23-4)24-8-7-19-16-25-21-15-18(3)5-6-20(19)21;/h5-6,15-17,25H,7-14H2,1-4H3,(H,23,24);1H. The lowest BCUT2D eigenvalue weighted by Crippen LogP contribution is -2.54. The third-order valence-corrected chi connectivity index (χ3v) is 7.37. The molecule has 0 amide bonds. The molecule has 1 saturated heterocycles. The zero-order valence-corrected chi connectivity index (χ0v) is 22.6. The van der Waals surface area contributed by atoms with Crippen molar-refractivity contribution in [3.63, 3.8) is 0 Å². The van der Waals surface area contributed by atoms with Gasteiger partial charge in [-0.25, -0.2) is 8.42 Å². The van der Waals surface area contributed by atoms with Gasteiger partial charge in [0.2, 0.25) is 10.0 Å². The van der Waals surface area contributed by atoms with Crippen molar-refractivity contribution < 1.29 is 13.2 Å². The van der Waals surface area contributed by atoms with E-state index in [1.807, 2.05) is 13.8 Å². The number of fused-ring (bicyclic) bond motifs is 1. The van der Waals surface area contributed by atoms with Crippen LogP contribution in [0, 0.1) is 6.92 Å². The van der Waals surface area contributed by atoms with Gasteiger partial charge >= 0.3 is 0 Å². The van der Waals surface area contributed by atoms with Gasteiger partial charge in [0.1, 0.15) is 0 Å². The molecular weight excluding hydrogens is 541 g/mol. The van der Waals surface area contributed by atoms with Gasteiger partial charge < -0.3 is 19.9 Å². The first-order valence-corrected chi connectivity index (χ1v) is 12.5. The molecule has 3 rings (SSSR count). The third kappa shape index (κ3) is 7.06.